The molecule has 13 heteroatoms. The summed E-state index contributed by atoms with van der Waals surface area (Å²) in [5, 5.41) is 10.9. The van der Waals surface area contributed by atoms with Gasteiger partial charge in [-0.05, 0) is 31.4 Å². The summed E-state index contributed by atoms with van der Waals surface area (Å²) in [5.74, 6) is 0.896. The predicted molar refractivity (Wildman–Crippen MR) is 192 cm³/mol. The molecule has 0 radical (unpaired) electrons. The quantitative estimate of drug-likeness (QED) is 0.131. The third-order valence-corrected chi connectivity index (χ3v) is 9.93. The van der Waals surface area contributed by atoms with Crippen molar-refractivity contribution >= 4 is 29.1 Å². The SMILES string of the molecule is COc1nc(-c2cccc(-c3cccc(-c4cnc(CNC5(c6ccccn6)CC5)c(OC)n4)c3Cl)c2Cl)cnc1CNC[C@@H]1CCC(=O)N1. The van der Waals surface area contributed by atoms with Gasteiger partial charge in [-0.1, -0.05) is 65.7 Å². The van der Waals surface area contributed by atoms with Gasteiger partial charge in [-0.2, -0.15) is 0 Å². The topological polar surface area (TPSA) is 136 Å². The molecule has 50 heavy (non-hydrogen) atoms. The number of aromatic nitrogens is 5. The Bertz CT molecular complexity index is 2030. The first kappa shape index (κ1) is 33.8. The highest BCUT2D eigenvalue weighted by atomic mass is 35.5. The Labute approximate surface area is 300 Å². The molecule has 2 aliphatic rings. The Morgan fingerprint density at radius 3 is 1.92 bits per heavy atom. The van der Waals surface area contributed by atoms with E-state index < -0.39 is 0 Å². The molecule has 2 aromatic carbocycles. The fourth-order valence-corrected chi connectivity index (χ4v) is 6.89. The fraction of sp³-hybridized carbons (Fsp3) is 0.297. The van der Waals surface area contributed by atoms with Crippen LogP contribution in [0, 0.1) is 0 Å². The van der Waals surface area contributed by atoms with Gasteiger partial charge >= 0.3 is 0 Å². The maximum absolute atomic E-state index is 11.5. The minimum Gasteiger partial charge on any atom is -0.480 e. The molecule has 1 aliphatic carbocycles. The van der Waals surface area contributed by atoms with E-state index in [1.807, 2.05) is 60.8 Å². The first-order valence-electron chi connectivity index (χ1n) is 16.4. The van der Waals surface area contributed by atoms with E-state index in [-0.39, 0.29) is 17.5 Å². The lowest BCUT2D eigenvalue weighted by atomic mass is 9.98. The minimum absolute atomic E-state index is 0.0844. The molecule has 3 aromatic heterocycles. The summed E-state index contributed by atoms with van der Waals surface area (Å²) in [5.41, 5.74) is 6.20. The van der Waals surface area contributed by atoms with Crippen molar-refractivity contribution < 1.29 is 14.3 Å². The molecule has 2 fully saturated rings. The van der Waals surface area contributed by atoms with Gasteiger partial charge < -0.3 is 25.4 Å². The maximum Gasteiger partial charge on any atom is 0.237 e. The van der Waals surface area contributed by atoms with Gasteiger partial charge in [-0.3, -0.25) is 19.7 Å². The molecule has 0 spiro atoms. The Kier molecular flexibility index (Phi) is 9.91. The molecule has 0 bridgehead atoms. The normalized spacial score (nSPS) is 16.2. The molecule has 11 nitrogen and oxygen atoms in total. The van der Waals surface area contributed by atoms with E-state index in [0.717, 1.165) is 36.1 Å². The van der Waals surface area contributed by atoms with Crippen LogP contribution in [-0.4, -0.2) is 57.6 Å². The molecule has 4 heterocycles. The molecular weight excluding hydrogens is 675 g/mol. The van der Waals surface area contributed by atoms with Crippen LogP contribution in [0.4, 0.5) is 0 Å². The second kappa shape index (κ2) is 14.7. The Balaban J connectivity index is 1.11. The van der Waals surface area contributed by atoms with Crippen molar-refractivity contribution in [3.8, 4) is 45.4 Å². The summed E-state index contributed by atoms with van der Waals surface area (Å²) in [6.45, 7) is 1.56. The van der Waals surface area contributed by atoms with E-state index in [0.29, 0.717) is 81.8 Å². The summed E-state index contributed by atoms with van der Waals surface area (Å²) in [6.07, 6.45) is 8.60. The van der Waals surface area contributed by atoms with Gasteiger partial charge in [-0.25, -0.2) is 9.97 Å². The van der Waals surface area contributed by atoms with Crippen molar-refractivity contribution in [3.63, 3.8) is 0 Å². The van der Waals surface area contributed by atoms with Gasteiger partial charge in [0.25, 0.3) is 0 Å². The van der Waals surface area contributed by atoms with Gasteiger partial charge in [0.2, 0.25) is 17.7 Å². The lowest BCUT2D eigenvalue weighted by Crippen LogP contribution is -2.35. The molecule has 1 atom stereocenters. The zero-order valence-electron chi connectivity index (χ0n) is 27.7. The van der Waals surface area contributed by atoms with Crippen LogP contribution in [0.1, 0.15) is 42.8 Å². The fourth-order valence-electron chi connectivity index (χ4n) is 6.24. The van der Waals surface area contributed by atoms with Crippen molar-refractivity contribution in [2.75, 3.05) is 20.8 Å². The number of halogens is 2. The molecule has 5 aromatic rings. The zero-order chi connectivity index (χ0) is 34.7. The summed E-state index contributed by atoms with van der Waals surface area (Å²) in [7, 11) is 3.15. The highest BCUT2D eigenvalue weighted by molar-refractivity contribution is 6.39. The largest absolute Gasteiger partial charge is 0.480 e. The van der Waals surface area contributed by atoms with Crippen LogP contribution in [0.15, 0.2) is 73.2 Å². The van der Waals surface area contributed by atoms with Crippen LogP contribution in [-0.2, 0) is 23.4 Å². The van der Waals surface area contributed by atoms with E-state index in [4.69, 9.17) is 47.6 Å². The van der Waals surface area contributed by atoms with Crippen LogP contribution in [0.3, 0.4) is 0 Å². The van der Waals surface area contributed by atoms with Crippen molar-refractivity contribution in [1.29, 1.82) is 0 Å². The smallest absolute Gasteiger partial charge is 0.237 e. The highest BCUT2D eigenvalue weighted by Gasteiger charge is 2.45. The summed E-state index contributed by atoms with van der Waals surface area (Å²) >= 11 is 14.2. The van der Waals surface area contributed by atoms with Crippen molar-refractivity contribution in [2.45, 2.75) is 50.4 Å². The van der Waals surface area contributed by atoms with Gasteiger partial charge in [0.05, 0.1) is 59.3 Å². The molecule has 1 saturated heterocycles. The number of hydrogen-bond donors (Lipinski definition) is 3. The number of nitrogens with zero attached hydrogens (tertiary/aromatic N) is 5. The average Bonchev–Trinajstić information content (AvgIpc) is 3.84. The van der Waals surface area contributed by atoms with E-state index in [1.165, 1.54) is 0 Å². The molecule has 3 N–H and O–H groups in total. The van der Waals surface area contributed by atoms with Crippen LogP contribution < -0.4 is 25.4 Å². The minimum atomic E-state index is -0.149. The number of amides is 1. The summed E-state index contributed by atoms with van der Waals surface area (Å²) < 4.78 is 11.3. The first-order valence-corrected chi connectivity index (χ1v) is 17.2. The number of carbonyl (C=O) groups excluding carboxylic acids is 1. The molecule has 0 unspecified atom stereocenters. The second-order valence-corrected chi connectivity index (χ2v) is 13.1. The summed E-state index contributed by atoms with van der Waals surface area (Å²) in [4.78, 5) is 34.9. The predicted octanol–water partition coefficient (Wildman–Crippen LogP) is 6.13. The van der Waals surface area contributed by atoms with Crippen LogP contribution >= 0.6 is 23.2 Å². The van der Waals surface area contributed by atoms with Gasteiger partial charge in [0, 0.05) is 60.5 Å². The Morgan fingerprint density at radius 1 is 0.800 bits per heavy atom. The zero-order valence-corrected chi connectivity index (χ0v) is 29.2. The summed E-state index contributed by atoms with van der Waals surface area (Å²) in [6, 6.07) is 17.5. The number of ether oxygens (including phenoxy) is 2. The number of rotatable bonds is 13. The highest BCUT2D eigenvalue weighted by Crippen LogP contribution is 2.45. The Hall–Kier alpha value is -4.68. The van der Waals surface area contributed by atoms with Gasteiger partial charge in [0.15, 0.2) is 0 Å². The number of hydrogen-bond acceptors (Lipinski definition) is 10. The molecule has 1 saturated carbocycles. The number of carbonyl (C=O) groups is 1. The number of methoxy groups -OCH3 is 2. The standard InChI is InChI=1S/C37H36Cl2N8O3/c1-49-35-29(18-40-17-22-12-13-32(48)45-22)42-19-27(46-35)25-9-5-7-23(33(25)38)24-8-6-10-26(34(24)39)28-20-43-30(36(47-28)50-2)21-44-37(14-15-37)31-11-3-4-16-41-31/h3-11,16,19-20,22,40,44H,12-15,17-18,21H2,1-2H3,(H,45,48)/t22-/m0/s1. The van der Waals surface area contributed by atoms with E-state index in [1.54, 1.807) is 26.6 Å². The lowest BCUT2D eigenvalue weighted by molar-refractivity contribution is -0.119. The Morgan fingerprint density at radius 2 is 1.40 bits per heavy atom. The van der Waals surface area contributed by atoms with Crippen LogP contribution in [0.2, 0.25) is 10.0 Å². The van der Waals surface area contributed by atoms with E-state index in [9.17, 15) is 4.79 Å². The molecule has 256 valence electrons. The number of pyridine rings is 1. The van der Waals surface area contributed by atoms with Gasteiger partial charge in [-0.15, -0.1) is 0 Å². The third kappa shape index (κ3) is 6.99. The van der Waals surface area contributed by atoms with Crippen LogP contribution in [0.5, 0.6) is 11.8 Å². The first-order chi connectivity index (χ1) is 24.4. The molecular formula is C37H36Cl2N8O3. The monoisotopic (exact) mass is 710 g/mol. The second-order valence-electron chi connectivity index (χ2n) is 12.3. The molecule has 1 aliphatic heterocycles. The average molecular weight is 712 g/mol. The van der Waals surface area contributed by atoms with Crippen molar-refractivity contribution in [3.05, 3.63) is 100 Å². The molecule has 7 rings (SSSR count). The van der Waals surface area contributed by atoms with Gasteiger partial charge in [0.1, 0.15) is 11.4 Å². The number of nitrogens with one attached hydrogen (secondary N) is 3. The molecule has 1 amide bonds. The lowest BCUT2D eigenvalue weighted by Gasteiger charge is -2.18. The van der Waals surface area contributed by atoms with E-state index >= 15 is 0 Å². The van der Waals surface area contributed by atoms with Crippen molar-refractivity contribution in [1.82, 2.24) is 40.9 Å². The van der Waals surface area contributed by atoms with E-state index in [2.05, 4.69) is 25.9 Å². The third-order valence-electron chi connectivity index (χ3n) is 9.12. The maximum atomic E-state index is 11.5. The van der Waals surface area contributed by atoms with Crippen LogP contribution in [0.25, 0.3) is 33.6 Å². The van der Waals surface area contributed by atoms with Crippen molar-refractivity contribution in [2.24, 2.45) is 0 Å². The number of benzene rings is 2.